The Bertz CT molecular complexity index is 333. The van der Waals surface area contributed by atoms with Crippen LogP contribution in [0.4, 0.5) is 0 Å². The maximum Gasteiger partial charge on any atom is 0.0753 e. The van der Waals surface area contributed by atoms with Gasteiger partial charge in [-0.1, -0.05) is 30.3 Å². The normalized spacial score (nSPS) is 23.0. The van der Waals surface area contributed by atoms with Gasteiger partial charge in [0.1, 0.15) is 0 Å². The zero-order valence-corrected chi connectivity index (χ0v) is 8.82. The fourth-order valence-corrected chi connectivity index (χ4v) is 2.28. The maximum absolute atomic E-state index is 9.25. The quantitative estimate of drug-likeness (QED) is 0.795. The van der Waals surface area contributed by atoms with Gasteiger partial charge in [0.25, 0.3) is 0 Å². The van der Waals surface area contributed by atoms with Crippen LogP contribution >= 0.6 is 0 Å². The Hall–Kier alpha value is -1.33. The van der Waals surface area contributed by atoms with Crippen molar-refractivity contribution in [2.24, 2.45) is 5.92 Å². The highest BCUT2D eigenvalue weighted by Crippen LogP contribution is 2.28. The van der Waals surface area contributed by atoms with Crippen LogP contribution in [0, 0.1) is 17.2 Å². The molecule has 0 radical (unpaired) electrons. The molecular weight excluding hydrogens is 184 g/mol. The highest BCUT2D eigenvalue weighted by atomic mass is 14.9. The van der Waals surface area contributed by atoms with Crippen LogP contribution in [0.15, 0.2) is 30.3 Å². The van der Waals surface area contributed by atoms with Gasteiger partial charge in [-0.25, -0.2) is 0 Å². The van der Waals surface area contributed by atoms with Gasteiger partial charge >= 0.3 is 0 Å². The molecule has 1 saturated heterocycles. The second-order valence-corrected chi connectivity index (χ2v) is 4.12. The number of nitriles is 1. The highest BCUT2D eigenvalue weighted by molar-refractivity contribution is 5.25. The van der Waals surface area contributed by atoms with E-state index in [0.717, 1.165) is 18.7 Å². The number of nitrogens with zero attached hydrogens (tertiary/aromatic N) is 1. The third-order valence-corrected chi connectivity index (χ3v) is 3.10. The van der Waals surface area contributed by atoms with Crippen LogP contribution in [-0.4, -0.2) is 13.1 Å². The molecular formula is C13H16N2. The molecule has 0 aliphatic carbocycles. The molecule has 15 heavy (non-hydrogen) atoms. The molecule has 2 heteroatoms. The van der Waals surface area contributed by atoms with Crippen molar-refractivity contribution >= 4 is 0 Å². The Morgan fingerprint density at radius 2 is 2.13 bits per heavy atom. The summed E-state index contributed by atoms with van der Waals surface area (Å²) in [6, 6.07) is 12.6. The first kappa shape index (κ1) is 10.2. The molecule has 2 unspecified atom stereocenters. The molecule has 1 aliphatic heterocycles. The summed E-state index contributed by atoms with van der Waals surface area (Å²) in [6.07, 6.45) is 2.36. The van der Waals surface area contributed by atoms with Crippen molar-refractivity contribution in [1.82, 2.24) is 5.32 Å². The molecule has 1 fully saturated rings. The summed E-state index contributed by atoms with van der Waals surface area (Å²) in [7, 11) is 0. The number of rotatable bonds is 2. The number of nitrogens with one attached hydrogen (secondary N) is 1. The highest BCUT2D eigenvalue weighted by Gasteiger charge is 2.24. The van der Waals surface area contributed by atoms with Crippen LogP contribution in [0.2, 0.25) is 0 Å². The molecule has 2 rings (SSSR count). The summed E-state index contributed by atoms with van der Waals surface area (Å²) in [5, 5.41) is 12.6. The fourth-order valence-electron chi connectivity index (χ4n) is 2.28. The van der Waals surface area contributed by atoms with Crippen molar-refractivity contribution in [3.8, 4) is 6.07 Å². The van der Waals surface area contributed by atoms with E-state index in [1.165, 1.54) is 12.8 Å². The smallest absolute Gasteiger partial charge is 0.0753 e. The third kappa shape index (κ3) is 2.37. The second-order valence-electron chi connectivity index (χ2n) is 4.12. The predicted molar refractivity (Wildman–Crippen MR) is 60.4 cm³/mol. The minimum Gasteiger partial charge on any atom is -0.316 e. The minimum atomic E-state index is 0.0546. The third-order valence-electron chi connectivity index (χ3n) is 3.10. The Morgan fingerprint density at radius 1 is 1.33 bits per heavy atom. The fraction of sp³-hybridized carbons (Fsp3) is 0.462. The van der Waals surface area contributed by atoms with E-state index < -0.39 is 0 Å². The van der Waals surface area contributed by atoms with Crippen LogP contribution in [0.5, 0.6) is 0 Å². The Morgan fingerprint density at radius 3 is 2.73 bits per heavy atom. The van der Waals surface area contributed by atoms with E-state index >= 15 is 0 Å². The molecule has 0 amide bonds. The molecule has 1 aromatic carbocycles. The van der Waals surface area contributed by atoms with E-state index in [4.69, 9.17) is 0 Å². The van der Waals surface area contributed by atoms with E-state index in [2.05, 4.69) is 23.5 Å². The molecule has 0 spiro atoms. The van der Waals surface area contributed by atoms with E-state index in [1.807, 2.05) is 18.2 Å². The van der Waals surface area contributed by atoms with Crippen molar-refractivity contribution in [3.05, 3.63) is 35.9 Å². The molecule has 2 atom stereocenters. The zero-order valence-electron chi connectivity index (χ0n) is 8.82. The van der Waals surface area contributed by atoms with Gasteiger partial charge in [0, 0.05) is 0 Å². The number of hydrogen-bond acceptors (Lipinski definition) is 2. The van der Waals surface area contributed by atoms with Gasteiger partial charge in [-0.15, -0.1) is 0 Å². The van der Waals surface area contributed by atoms with Crippen LogP contribution in [0.3, 0.4) is 0 Å². The van der Waals surface area contributed by atoms with E-state index in [-0.39, 0.29) is 5.92 Å². The van der Waals surface area contributed by atoms with Crippen LogP contribution in [0.25, 0.3) is 0 Å². The maximum atomic E-state index is 9.25. The predicted octanol–water partition coefficient (Wildman–Crippen LogP) is 2.29. The SMILES string of the molecule is N#CC(c1ccccc1)C1CCCNC1. The van der Waals surface area contributed by atoms with Crippen LogP contribution in [-0.2, 0) is 0 Å². The van der Waals surface area contributed by atoms with Gasteiger partial charge in [-0.05, 0) is 37.4 Å². The van der Waals surface area contributed by atoms with Gasteiger partial charge in [0.05, 0.1) is 12.0 Å². The summed E-state index contributed by atoms with van der Waals surface area (Å²) in [6.45, 7) is 2.08. The van der Waals surface area contributed by atoms with E-state index in [0.29, 0.717) is 5.92 Å². The molecule has 1 aromatic rings. The molecule has 1 N–H and O–H groups in total. The van der Waals surface area contributed by atoms with Gasteiger partial charge in [0.2, 0.25) is 0 Å². The second kappa shape index (κ2) is 4.95. The number of piperidine rings is 1. The monoisotopic (exact) mass is 200 g/mol. The zero-order chi connectivity index (χ0) is 10.5. The van der Waals surface area contributed by atoms with Crippen LogP contribution in [0.1, 0.15) is 24.3 Å². The standard InChI is InChI=1S/C13H16N2/c14-9-13(11-5-2-1-3-6-11)12-7-4-8-15-10-12/h1-3,5-6,12-13,15H,4,7-8,10H2. The Kier molecular flexibility index (Phi) is 3.37. The summed E-state index contributed by atoms with van der Waals surface area (Å²) in [4.78, 5) is 0. The van der Waals surface area contributed by atoms with Gasteiger partial charge in [-0.2, -0.15) is 5.26 Å². The van der Waals surface area contributed by atoms with Crippen molar-refractivity contribution in [1.29, 1.82) is 5.26 Å². The average Bonchev–Trinajstić information content (AvgIpc) is 2.33. The summed E-state index contributed by atoms with van der Waals surface area (Å²) < 4.78 is 0. The van der Waals surface area contributed by atoms with Crippen molar-refractivity contribution in [2.45, 2.75) is 18.8 Å². The van der Waals surface area contributed by atoms with Gasteiger partial charge < -0.3 is 5.32 Å². The lowest BCUT2D eigenvalue weighted by Gasteiger charge is -2.26. The first-order valence-corrected chi connectivity index (χ1v) is 5.57. The topological polar surface area (TPSA) is 35.8 Å². The minimum absolute atomic E-state index is 0.0546. The molecule has 0 aromatic heterocycles. The lowest BCUT2D eigenvalue weighted by Crippen LogP contribution is -2.32. The summed E-state index contributed by atoms with van der Waals surface area (Å²) in [5.74, 6) is 0.533. The summed E-state index contributed by atoms with van der Waals surface area (Å²) >= 11 is 0. The van der Waals surface area contributed by atoms with Crippen molar-refractivity contribution in [2.75, 3.05) is 13.1 Å². The molecule has 78 valence electrons. The molecule has 2 nitrogen and oxygen atoms in total. The Balaban J connectivity index is 2.14. The van der Waals surface area contributed by atoms with Crippen molar-refractivity contribution in [3.63, 3.8) is 0 Å². The molecule has 1 heterocycles. The van der Waals surface area contributed by atoms with Gasteiger partial charge in [0.15, 0.2) is 0 Å². The number of hydrogen-bond donors (Lipinski definition) is 1. The lowest BCUT2D eigenvalue weighted by atomic mass is 9.82. The lowest BCUT2D eigenvalue weighted by molar-refractivity contribution is 0.354. The van der Waals surface area contributed by atoms with E-state index in [9.17, 15) is 5.26 Å². The first-order chi connectivity index (χ1) is 7.42. The van der Waals surface area contributed by atoms with E-state index in [1.54, 1.807) is 0 Å². The largest absolute Gasteiger partial charge is 0.316 e. The number of benzene rings is 1. The Labute approximate surface area is 90.9 Å². The first-order valence-electron chi connectivity index (χ1n) is 5.57. The molecule has 1 aliphatic rings. The summed E-state index contributed by atoms with van der Waals surface area (Å²) in [5.41, 5.74) is 1.16. The molecule has 0 bridgehead atoms. The van der Waals surface area contributed by atoms with Crippen LogP contribution < -0.4 is 5.32 Å². The van der Waals surface area contributed by atoms with Gasteiger partial charge in [-0.3, -0.25) is 0 Å². The van der Waals surface area contributed by atoms with Crippen molar-refractivity contribution < 1.29 is 0 Å². The average molecular weight is 200 g/mol. The molecule has 0 saturated carbocycles.